The molecule has 3 fully saturated rings. The number of allylic oxidation sites excluding steroid dienone is 1. The van der Waals surface area contributed by atoms with Gasteiger partial charge in [-0.15, -0.1) is 23.2 Å². The molecular weight excluding hydrogens is 637 g/mol. The van der Waals surface area contributed by atoms with Crippen molar-refractivity contribution in [2.24, 2.45) is 34.5 Å². The van der Waals surface area contributed by atoms with Crippen LogP contribution in [0.3, 0.4) is 0 Å². The minimum absolute atomic E-state index is 0.00303. The Morgan fingerprint density at radius 3 is 2.30 bits per heavy atom. The van der Waals surface area contributed by atoms with E-state index in [0.29, 0.717) is 55.2 Å². The predicted octanol–water partition coefficient (Wildman–Crippen LogP) is 7.49. The van der Waals surface area contributed by atoms with Crippen molar-refractivity contribution in [2.45, 2.75) is 97.5 Å². The lowest BCUT2D eigenvalue weighted by Crippen LogP contribution is -2.59. The van der Waals surface area contributed by atoms with E-state index in [4.69, 9.17) is 32.7 Å². The van der Waals surface area contributed by atoms with E-state index in [-0.39, 0.29) is 29.3 Å². The summed E-state index contributed by atoms with van der Waals surface area (Å²) in [5.41, 5.74) is 1.77. The molecule has 3 saturated carbocycles. The number of nitrogens with zero attached hydrogens (tertiary/aromatic N) is 1. The second kappa shape index (κ2) is 14.6. The van der Waals surface area contributed by atoms with Gasteiger partial charge >= 0.3 is 11.9 Å². The Hall–Kier alpha value is -2.38. The molecular formula is C38H51Cl2NO6. The number of Topliss-reactive ketones (excluding diaryl/α,β-unsaturated/α-hetero) is 1. The molecule has 5 rings (SSSR count). The third-order valence-electron chi connectivity index (χ3n) is 12.5. The highest BCUT2D eigenvalue weighted by molar-refractivity contribution is 6.18. The zero-order valence-electron chi connectivity index (χ0n) is 28.5. The lowest BCUT2D eigenvalue weighted by atomic mass is 9.44. The SMILES string of the molecule is CC(=O)[C@@]1(OC(=O)COC(=O)CCCc2ccc(N(CCCl)CCCl)cc2)CC[C@H]2[C@@H]3CC(C)C4=CC(=O)CC[C@]4(C)[C@H]3CC[C@@]21C. The molecule has 7 atom stereocenters. The molecule has 0 bridgehead atoms. The summed E-state index contributed by atoms with van der Waals surface area (Å²) in [4.78, 5) is 53.6. The number of carbonyl (C=O) groups excluding carboxylic acids is 4. The maximum atomic E-state index is 13.4. The third-order valence-corrected chi connectivity index (χ3v) is 12.8. The number of rotatable bonds is 13. The Kier molecular flexibility index (Phi) is 11.2. The molecule has 4 aliphatic rings. The van der Waals surface area contributed by atoms with Gasteiger partial charge in [-0.3, -0.25) is 14.4 Å². The molecule has 7 nitrogen and oxygen atoms in total. The van der Waals surface area contributed by atoms with Crippen LogP contribution in [0.25, 0.3) is 0 Å². The summed E-state index contributed by atoms with van der Waals surface area (Å²) in [5.74, 6) is 1.46. The van der Waals surface area contributed by atoms with Crippen LogP contribution in [-0.2, 0) is 35.1 Å². The number of halogens is 2. The van der Waals surface area contributed by atoms with Gasteiger partial charge in [-0.25, -0.2) is 4.79 Å². The number of hydrogen-bond acceptors (Lipinski definition) is 7. The van der Waals surface area contributed by atoms with E-state index in [1.807, 2.05) is 30.3 Å². The van der Waals surface area contributed by atoms with E-state index >= 15 is 0 Å². The first-order valence-electron chi connectivity index (χ1n) is 17.5. The fourth-order valence-electron chi connectivity index (χ4n) is 10.1. The highest BCUT2D eigenvalue weighted by atomic mass is 35.5. The third kappa shape index (κ3) is 6.90. The predicted molar refractivity (Wildman–Crippen MR) is 185 cm³/mol. The van der Waals surface area contributed by atoms with Gasteiger partial charge in [0.25, 0.3) is 0 Å². The molecule has 1 aromatic carbocycles. The van der Waals surface area contributed by atoms with Crippen molar-refractivity contribution in [1.82, 2.24) is 0 Å². The van der Waals surface area contributed by atoms with Crippen LogP contribution >= 0.6 is 23.2 Å². The monoisotopic (exact) mass is 687 g/mol. The summed E-state index contributed by atoms with van der Waals surface area (Å²) in [6, 6.07) is 8.15. The first-order chi connectivity index (χ1) is 22.4. The molecule has 0 aromatic heterocycles. The van der Waals surface area contributed by atoms with Gasteiger partial charge in [0.05, 0.1) is 0 Å². The van der Waals surface area contributed by atoms with Gasteiger partial charge in [0.15, 0.2) is 23.8 Å². The Morgan fingerprint density at radius 1 is 0.957 bits per heavy atom. The van der Waals surface area contributed by atoms with Crippen LogP contribution in [0.5, 0.6) is 0 Å². The maximum Gasteiger partial charge on any atom is 0.345 e. The molecule has 0 aliphatic heterocycles. The summed E-state index contributed by atoms with van der Waals surface area (Å²) in [5, 5.41) is 0. The van der Waals surface area contributed by atoms with Crippen molar-refractivity contribution in [2.75, 3.05) is 36.4 Å². The minimum atomic E-state index is -1.22. The summed E-state index contributed by atoms with van der Waals surface area (Å²) in [6.45, 7) is 9.21. The fraction of sp³-hybridized carbons (Fsp3) is 0.684. The number of hydrogen-bond donors (Lipinski definition) is 0. The van der Waals surface area contributed by atoms with Crippen molar-refractivity contribution in [3.8, 4) is 0 Å². The molecule has 1 aromatic rings. The lowest BCUT2D eigenvalue weighted by Gasteiger charge is -2.60. The van der Waals surface area contributed by atoms with Crippen LogP contribution in [-0.4, -0.2) is 60.6 Å². The number of carbonyl (C=O) groups is 4. The molecule has 47 heavy (non-hydrogen) atoms. The summed E-state index contributed by atoms with van der Waals surface area (Å²) >= 11 is 11.8. The van der Waals surface area contributed by atoms with Crippen LogP contribution in [0.4, 0.5) is 5.69 Å². The standard InChI is InChI=1S/C38H51Cl2NO6/c1-25-22-30-31(36(3)15-12-29(43)23-33(25)36)13-16-37(4)32(30)14-17-38(37,26(2)42)47-35(45)24-46-34(44)7-5-6-27-8-10-28(11-9-27)41(20-18-39)21-19-40/h8-11,23,25,30-32H,5-7,12-22,24H2,1-4H3/t25?,30-,31+,32+,36-,37+,38+/m1/s1. The summed E-state index contributed by atoms with van der Waals surface area (Å²) < 4.78 is 11.5. The zero-order chi connectivity index (χ0) is 34.0. The van der Waals surface area contributed by atoms with Crippen LogP contribution in [0.1, 0.15) is 91.0 Å². The number of ether oxygens (including phenoxy) is 2. The van der Waals surface area contributed by atoms with E-state index in [0.717, 1.165) is 56.4 Å². The molecule has 4 aliphatic carbocycles. The smallest absolute Gasteiger partial charge is 0.345 e. The van der Waals surface area contributed by atoms with E-state index in [2.05, 4.69) is 25.7 Å². The van der Waals surface area contributed by atoms with Crippen LogP contribution < -0.4 is 4.90 Å². The molecule has 9 heteroatoms. The Balaban J connectivity index is 1.15. The number of ketones is 2. The van der Waals surface area contributed by atoms with E-state index < -0.39 is 29.6 Å². The molecule has 0 heterocycles. The second-order valence-corrected chi connectivity index (χ2v) is 15.7. The number of fused-ring (bicyclic) bond motifs is 5. The average molecular weight is 689 g/mol. The first-order valence-corrected chi connectivity index (χ1v) is 18.5. The van der Waals surface area contributed by atoms with Crippen LogP contribution in [0.2, 0.25) is 0 Å². The van der Waals surface area contributed by atoms with Crippen molar-refractivity contribution >= 4 is 52.4 Å². The van der Waals surface area contributed by atoms with E-state index in [1.54, 1.807) is 0 Å². The fourth-order valence-corrected chi connectivity index (χ4v) is 10.5. The molecule has 258 valence electrons. The van der Waals surface area contributed by atoms with Gasteiger partial charge < -0.3 is 14.4 Å². The van der Waals surface area contributed by atoms with Crippen LogP contribution in [0, 0.1) is 34.5 Å². The minimum Gasteiger partial charge on any atom is -0.454 e. The number of anilines is 1. The number of benzene rings is 1. The maximum absolute atomic E-state index is 13.4. The quantitative estimate of drug-likeness (QED) is 0.157. The number of esters is 2. The number of aryl methyl sites for hydroxylation is 1. The zero-order valence-corrected chi connectivity index (χ0v) is 30.0. The highest BCUT2D eigenvalue weighted by Gasteiger charge is 2.68. The van der Waals surface area contributed by atoms with Gasteiger partial charge in [0, 0.05) is 48.8 Å². The van der Waals surface area contributed by atoms with Gasteiger partial charge in [0.1, 0.15) is 0 Å². The van der Waals surface area contributed by atoms with E-state index in [9.17, 15) is 19.2 Å². The topological polar surface area (TPSA) is 90.0 Å². The molecule has 0 saturated heterocycles. The molecule has 0 N–H and O–H groups in total. The summed E-state index contributed by atoms with van der Waals surface area (Å²) in [6.07, 6.45) is 8.91. The summed E-state index contributed by atoms with van der Waals surface area (Å²) in [7, 11) is 0. The van der Waals surface area contributed by atoms with Gasteiger partial charge in [-0.2, -0.15) is 0 Å². The second-order valence-electron chi connectivity index (χ2n) is 14.9. The average Bonchev–Trinajstić information content (AvgIpc) is 3.34. The first kappa shape index (κ1) is 35.9. The molecule has 1 unspecified atom stereocenters. The normalized spacial score (nSPS) is 32.8. The van der Waals surface area contributed by atoms with Crippen molar-refractivity contribution in [1.29, 1.82) is 0 Å². The van der Waals surface area contributed by atoms with Crippen LogP contribution in [0.15, 0.2) is 35.9 Å². The lowest BCUT2D eigenvalue weighted by molar-refractivity contribution is -0.193. The Labute approximate surface area is 290 Å². The van der Waals surface area contributed by atoms with Gasteiger partial charge in [0.2, 0.25) is 0 Å². The number of alkyl halides is 2. The Morgan fingerprint density at radius 2 is 1.64 bits per heavy atom. The van der Waals surface area contributed by atoms with Gasteiger partial charge in [-0.05, 0) is 111 Å². The molecule has 0 spiro atoms. The Bertz CT molecular complexity index is 1370. The largest absolute Gasteiger partial charge is 0.454 e. The van der Waals surface area contributed by atoms with Crippen molar-refractivity contribution < 1.29 is 28.7 Å². The van der Waals surface area contributed by atoms with E-state index in [1.165, 1.54) is 12.5 Å². The molecule has 0 amide bonds. The molecule has 0 radical (unpaired) electrons. The van der Waals surface area contributed by atoms with Crippen molar-refractivity contribution in [3.63, 3.8) is 0 Å². The van der Waals surface area contributed by atoms with Crippen molar-refractivity contribution in [3.05, 3.63) is 41.5 Å². The highest BCUT2D eigenvalue weighted by Crippen LogP contribution is 2.69. The van der Waals surface area contributed by atoms with Gasteiger partial charge in [-0.1, -0.05) is 38.5 Å².